The highest BCUT2D eigenvalue weighted by molar-refractivity contribution is 7.08. The van der Waals surface area contributed by atoms with Crippen LogP contribution in [0.2, 0.25) is 0 Å². The number of aromatic nitrogens is 3. The van der Waals surface area contributed by atoms with Crippen LogP contribution in [-0.2, 0) is 0 Å². The molecule has 1 amide bonds. The van der Waals surface area contributed by atoms with Crippen LogP contribution in [0.3, 0.4) is 0 Å². The van der Waals surface area contributed by atoms with Crippen molar-refractivity contribution in [1.29, 1.82) is 0 Å². The van der Waals surface area contributed by atoms with Crippen LogP contribution in [0.1, 0.15) is 35.1 Å². The molecule has 0 spiro atoms. The third-order valence-electron chi connectivity index (χ3n) is 5.08. The summed E-state index contributed by atoms with van der Waals surface area (Å²) in [5.41, 5.74) is 2.00. The molecular weight excluding hydrogens is 379 g/mol. The van der Waals surface area contributed by atoms with Gasteiger partial charge in [0.05, 0.1) is 5.92 Å². The van der Waals surface area contributed by atoms with Crippen LogP contribution in [0.25, 0.3) is 22.4 Å². The van der Waals surface area contributed by atoms with E-state index in [1.54, 1.807) is 28.4 Å². The van der Waals surface area contributed by atoms with Crippen molar-refractivity contribution in [2.75, 3.05) is 13.1 Å². The molecule has 6 nitrogen and oxygen atoms in total. The Kier molecular flexibility index (Phi) is 4.20. The second-order valence-corrected chi connectivity index (χ2v) is 7.74. The summed E-state index contributed by atoms with van der Waals surface area (Å²) in [6.07, 6.45) is 1.76. The van der Waals surface area contributed by atoms with Gasteiger partial charge in [-0.2, -0.15) is 11.3 Å². The number of aromatic amines is 1. The molecule has 8 heteroatoms. The first kappa shape index (κ1) is 17.1. The number of carbonyl (C=O) groups excluding carboxylic acids is 1. The van der Waals surface area contributed by atoms with Crippen molar-refractivity contribution >= 4 is 28.1 Å². The Morgan fingerprint density at radius 2 is 2.21 bits per heavy atom. The van der Waals surface area contributed by atoms with Crippen LogP contribution in [0.4, 0.5) is 4.39 Å². The number of hydrogen-bond donors (Lipinski definition) is 1. The van der Waals surface area contributed by atoms with E-state index in [0.29, 0.717) is 36.1 Å². The number of nitrogens with one attached hydrogen (secondary N) is 1. The Bertz CT molecular complexity index is 1130. The van der Waals surface area contributed by atoms with Crippen molar-refractivity contribution in [3.8, 4) is 11.5 Å². The Labute approximate surface area is 164 Å². The summed E-state index contributed by atoms with van der Waals surface area (Å²) in [4.78, 5) is 17.8. The molecule has 0 bridgehead atoms. The molecule has 1 aromatic carbocycles. The lowest BCUT2D eigenvalue weighted by Gasteiger charge is -2.30. The van der Waals surface area contributed by atoms with Crippen LogP contribution in [0.5, 0.6) is 0 Å². The first-order chi connectivity index (χ1) is 13.7. The molecule has 1 fully saturated rings. The number of carbonyl (C=O) groups is 1. The Hall–Kier alpha value is -3.00. The zero-order valence-corrected chi connectivity index (χ0v) is 15.7. The molecule has 0 saturated carbocycles. The lowest BCUT2D eigenvalue weighted by Crippen LogP contribution is -2.39. The maximum Gasteiger partial charge on any atom is 0.270 e. The van der Waals surface area contributed by atoms with Crippen molar-refractivity contribution in [3.05, 3.63) is 58.5 Å². The summed E-state index contributed by atoms with van der Waals surface area (Å²) < 4.78 is 19.3. The largest absolute Gasteiger partial charge is 0.420 e. The van der Waals surface area contributed by atoms with E-state index in [1.807, 2.05) is 16.8 Å². The minimum Gasteiger partial charge on any atom is -0.420 e. The second-order valence-electron chi connectivity index (χ2n) is 6.96. The maximum absolute atomic E-state index is 13.4. The van der Waals surface area contributed by atoms with Gasteiger partial charge in [0.2, 0.25) is 11.8 Å². The molecule has 1 atom stereocenters. The van der Waals surface area contributed by atoms with E-state index in [9.17, 15) is 9.18 Å². The third-order valence-corrected chi connectivity index (χ3v) is 5.76. The summed E-state index contributed by atoms with van der Waals surface area (Å²) >= 11 is 1.58. The van der Waals surface area contributed by atoms with E-state index in [0.717, 1.165) is 23.8 Å². The number of benzene rings is 1. The highest BCUT2D eigenvalue weighted by Gasteiger charge is 2.29. The average Bonchev–Trinajstić information content (AvgIpc) is 3.46. The molecular formula is C20H17FN4O2S. The van der Waals surface area contributed by atoms with E-state index >= 15 is 0 Å². The molecule has 0 aliphatic carbocycles. The van der Waals surface area contributed by atoms with Gasteiger partial charge >= 0.3 is 0 Å². The van der Waals surface area contributed by atoms with E-state index < -0.39 is 0 Å². The fourth-order valence-electron chi connectivity index (χ4n) is 3.65. The number of halogens is 1. The minimum atomic E-state index is -0.329. The molecule has 28 heavy (non-hydrogen) atoms. The van der Waals surface area contributed by atoms with Gasteiger partial charge in [-0.3, -0.25) is 4.79 Å². The van der Waals surface area contributed by atoms with Gasteiger partial charge in [-0.25, -0.2) is 4.39 Å². The van der Waals surface area contributed by atoms with Gasteiger partial charge < -0.3 is 14.3 Å². The van der Waals surface area contributed by atoms with E-state index in [2.05, 4.69) is 15.2 Å². The molecule has 0 radical (unpaired) electrons. The molecule has 1 N–H and O–H groups in total. The maximum atomic E-state index is 13.4. The molecule has 4 aromatic rings. The fraction of sp³-hybridized carbons (Fsp3) is 0.250. The summed E-state index contributed by atoms with van der Waals surface area (Å²) in [5.74, 6) is 0.664. The highest BCUT2D eigenvalue weighted by Crippen LogP contribution is 2.30. The van der Waals surface area contributed by atoms with Gasteiger partial charge in [-0.15, -0.1) is 10.2 Å². The number of rotatable bonds is 3. The van der Waals surface area contributed by atoms with Crippen LogP contribution >= 0.6 is 11.3 Å². The molecule has 5 rings (SSSR count). The van der Waals surface area contributed by atoms with E-state index in [-0.39, 0.29) is 17.6 Å². The predicted molar refractivity (Wildman–Crippen MR) is 104 cm³/mol. The zero-order valence-electron chi connectivity index (χ0n) is 14.9. The number of amides is 1. The standard InChI is InChI=1S/C20H17FN4O2S/c21-15-4-3-12-8-17(22-16(12)9-15)20(26)25-6-1-2-13(10-25)18-23-24-19(27-18)14-5-7-28-11-14/h3-5,7-9,11,13,22H,1-2,6,10H2/t13-/m0/s1. The van der Waals surface area contributed by atoms with Gasteiger partial charge in [-0.05, 0) is 48.6 Å². The van der Waals surface area contributed by atoms with Crippen LogP contribution in [0.15, 0.2) is 45.5 Å². The van der Waals surface area contributed by atoms with Crippen molar-refractivity contribution < 1.29 is 13.6 Å². The highest BCUT2D eigenvalue weighted by atomic mass is 32.1. The van der Waals surface area contributed by atoms with Crippen LogP contribution < -0.4 is 0 Å². The topological polar surface area (TPSA) is 75.0 Å². The van der Waals surface area contributed by atoms with Crippen LogP contribution in [0, 0.1) is 5.82 Å². The van der Waals surface area contributed by atoms with Gasteiger partial charge in [-0.1, -0.05) is 0 Å². The molecule has 142 valence electrons. The summed E-state index contributed by atoms with van der Waals surface area (Å²) in [6.45, 7) is 1.19. The van der Waals surface area contributed by atoms with Gasteiger partial charge in [0.15, 0.2) is 0 Å². The Balaban J connectivity index is 1.35. The van der Waals surface area contributed by atoms with Crippen molar-refractivity contribution in [3.63, 3.8) is 0 Å². The number of likely N-dealkylation sites (tertiary alicyclic amines) is 1. The molecule has 1 saturated heterocycles. The normalized spacial score (nSPS) is 17.3. The minimum absolute atomic E-state index is 0.0133. The lowest BCUT2D eigenvalue weighted by atomic mass is 9.98. The summed E-state index contributed by atoms with van der Waals surface area (Å²) in [6, 6.07) is 8.17. The summed E-state index contributed by atoms with van der Waals surface area (Å²) in [5, 5.41) is 13.1. The number of piperidine rings is 1. The lowest BCUT2D eigenvalue weighted by molar-refractivity contribution is 0.0693. The van der Waals surface area contributed by atoms with Gasteiger partial charge in [0.1, 0.15) is 11.5 Å². The number of H-pyrrole nitrogens is 1. The first-order valence-electron chi connectivity index (χ1n) is 9.11. The monoisotopic (exact) mass is 396 g/mol. The fourth-order valence-corrected chi connectivity index (χ4v) is 4.28. The van der Waals surface area contributed by atoms with Gasteiger partial charge in [0, 0.05) is 34.9 Å². The molecule has 4 heterocycles. The van der Waals surface area contributed by atoms with Crippen LogP contribution in [-0.4, -0.2) is 39.1 Å². The van der Waals surface area contributed by atoms with E-state index in [1.165, 1.54) is 12.1 Å². The predicted octanol–water partition coefficient (Wildman–Crippen LogP) is 4.44. The third kappa shape index (κ3) is 3.09. The van der Waals surface area contributed by atoms with Crippen molar-refractivity contribution in [2.45, 2.75) is 18.8 Å². The average molecular weight is 396 g/mol. The van der Waals surface area contributed by atoms with Crippen molar-refractivity contribution in [2.24, 2.45) is 0 Å². The number of hydrogen-bond acceptors (Lipinski definition) is 5. The van der Waals surface area contributed by atoms with Crippen molar-refractivity contribution in [1.82, 2.24) is 20.1 Å². The molecule has 1 aliphatic heterocycles. The molecule has 1 aliphatic rings. The quantitative estimate of drug-likeness (QED) is 0.556. The number of nitrogens with zero attached hydrogens (tertiary/aromatic N) is 3. The number of fused-ring (bicyclic) bond motifs is 1. The first-order valence-corrected chi connectivity index (χ1v) is 10.1. The smallest absolute Gasteiger partial charge is 0.270 e. The Morgan fingerprint density at radius 3 is 3.07 bits per heavy atom. The summed E-state index contributed by atoms with van der Waals surface area (Å²) in [7, 11) is 0. The van der Waals surface area contributed by atoms with Gasteiger partial charge in [0.25, 0.3) is 5.91 Å². The number of thiophene rings is 1. The SMILES string of the molecule is O=C(c1cc2ccc(F)cc2[nH]1)N1CCC[C@H](c2nnc(-c3ccsc3)o2)C1. The van der Waals surface area contributed by atoms with E-state index in [4.69, 9.17) is 4.42 Å². The Morgan fingerprint density at radius 1 is 1.29 bits per heavy atom. The second kappa shape index (κ2) is 6.87. The molecule has 3 aromatic heterocycles. The zero-order chi connectivity index (χ0) is 19.1. The molecule has 0 unspecified atom stereocenters.